The van der Waals surface area contributed by atoms with Gasteiger partial charge in [-0.3, -0.25) is 4.79 Å². The number of benzene rings is 2. The number of para-hydroxylation sites is 1. The van der Waals surface area contributed by atoms with Crippen LogP contribution in [0.3, 0.4) is 0 Å². The number of fused-ring (bicyclic) bond motifs is 3. The molecule has 0 spiro atoms. The highest BCUT2D eigenvalue weighted by atomic mass is 35.5. The third-order valence-electron chi connectivity index (χ3n) is 4.71. The molecule has 0 amide bonds. The third kappa shape index (κ3) is 3.36. The minimum atomic E-state index is -0.112. The molecule has 6 heteroatoms. The van der Waals surface area contributed by atoms with Crippen LogP contribution in [0.2, 0.25) is 5.02 Å². The summed E-state index contributed by atoms with van der Waals surface area (Å²) in [6.07, 6.45) is 2.95. The van der Waals surface area contributed by atoms with Gasteiger partial charge in [0.2, 0.25) is 0 Å². The molecule has 0 radical (unpaired) electrons. The highest BCUT2D eigenvalue weighted by molar-refractivity contribution is 6.30. The summed E-state index contributed by atoms with van der Waals surface area (Å²) in [5.41, 5.74) is 3.05. The number of rotatable bonds is 5. The van der Waals surface area contributed by atoms with Crippen molar-refractivity contribution >= 4 is 22.5 Å². The van der Waals surface area contributed by atoms with E-state index in [1.165, 1.54) is 4.68 Å². The summed E-state index contributed by atoms with van der Waals surface area (Å²) in [6.45, 7) is 1.84. The van der Waals surface area contributed by atoms with Crippen molar-refractivity contribution in [3.05, 3.63) is 70.1 Å². The topological polar surface area (TPSA) is 43.1 Å². The molecule has 2 heterocycles. The van der Waals surface area contributed by atoms with Crippen molar-refractivity contribution in [3.63, 3.8) is 0 Å². The molecule has 27 heavy (non-hydrogen) atoms. The molecule has 0 N–H and O–H groups in total. The summed E-state index contributed by atoms with van der Waals surface area (Å²) in [4.78, 5) is 15.2. The van der Waals surface area contributed by atoms with Gasteiger partial charge in [0.15, 0.2) is 0 Å². The Morgan fingerprint density at radius 3 is 2.56 bits per heavy atom. The van der Waals surface area contributed by atoms with Crippen LogP contribution in [0.4, 0.5) is 0 Å². The molecule has 0 saturated carbocycles. The summed E-state index contributed by atoms with van der Waals surface area (Å²) in [6, 6.07) is 15.3. The normalized spacial score (nSPS) is 11.7. The molecule has 0 fully saturated rings. The monoisotopic (exact) mass is 380 g/mol. The highest BCUT2D eigenvalue weighted by Crippen LogP contribution is 2.28. The fraction of sp³-hybridized carbons (Fsp3) is 0.238. The lowest BCUT2D eigenvalue weighted by molar-refractivity contribution is 0.388. The second-order valence-corrected chi connectivity index (χ2v) is 7.39. The van der Waals surface area contributed by atoms with Crippen LogP contribution < -0.4 is 5.56 Å². The maximum absolute atomic E-state index is 13.0. The van der Waals surface area contributed by atoms with Crippen LogP contribution >= 0.6 is 11.6 Å². The van der Waals surface area contributed by atoms with Gasteiger partial charge in [0.25, 0.3) is 5.56 Å². The van der Waals surface area contributed by atoms with E-state index < -0.39 is 0 Å². The largest absolute Gasteiger partial charge is 0.346 e. The van der Waals surface area contributed by atoms with Crippen LogP contribution in [0.25, 0.3) is 27.8 Å². The van der Waals surface area contributed by atoms with E-state index in [0.717, 1.165) is 36.1 Å². The van der Waals surface area contributed by atoms with E-state index in [2.05, 4.69) is 34.7 Å². The molecular weight excluding hydrogens is 360 g/mol. The van der Waals surface area contributed by atoms with Crippen molar-refractivity contribution < 1.29 is 0 Å². The number of nitrogens with zero attached hydrogens (tertiary/aromatic N) is 4. The van der Waals surface area contributed by atoms with Gasteiger partial charge in [-0.2, -0.15) is 9.78 Å². The van der Waals surface area contributed by atoms with E-state index in [-0.39, 0.29) is 5.56 Å². The van der Waals surface area contributed by atoms with E-state index in [1.807, 2.05) is 36.5 Å². The van der Waals surface area contributed by atoms with Gasteiger partial charge in [0.05, 0.1) is 16.8 Å². The van der Waals surface area contributed by atoms with E-state index in [0.29, 0.717) is 16.3 Å². The number of hydrogen-bond acceptors (Lipinski definition) is 3. The van der Waals surface area contributed by atoms with E-state index in [4.69, 9.17) is 11.6 Å². The Morgan fingerprint density at radius 1 is 1.07 bits per heavy atom. The Hall–Kier alpha value is -2.63. The summed E-state index contributed by atoms with van der Waals surface area (Å²) in [7, 11) is 4.13. The SMILES string of the molecule is CN(C)CCCn1cc2c(=O)n(-c3ccc(Cl)cc3)nc-2c2ccccc21. The van der Waals surface area contributed by atoms with Gasteiger partial charge in [-0.15, -0.1) is 0 Å². The van der Waals surface area contributed by atoms with Crippen molar-refractivity contribution in [2.45, 2.75) is 13.0 Å². The number of pyridine rings is 1. The van der Waals surface area contributed by atoms with Crippen LogP contribution in [-0.4, -0.2) is 39.9 Å². The quantitative estimate of drug-likeness (QED) is 0.527. The number of hydrogen-bond donors (Lipinski definition) is 0. The van der Waals surface area contributed by atoms with Crippen LogP contribution in [0.5, 0.6) is 0 Å². The van der Waals surface area contributed by atoms with Crippen molar-refractivity contribution in [2.24, 2.45) is 0 Å². The Kier molecular flexibility index (Phi) is 4.72. The first-order chi connectivity index (χ1) is 13.0. The number of aromatic nitrogens is 3. The Morgan fingerprint density at radius 2 is 1.81 bits per heavy atom. The molecule has 4 rings (SSSR count). The summed E-state index contributed by atoms with van der Waals surface area (Å²) < 4.78 is 3.62. The van der Waals surface area contributed by atoms with Crippen molar-refractivity contribution in [1.82, 2.24) is 19.2 Å². The van der Waals surface area contributed by atoms with Gasteiger partial charge in [-0.25, -0.2) is 0 Å². The molecule has 0 aliphatic carbocycles. The van der Waals surface area contributed by atoms with Crippen molar-refractivity contribution in [2.75, 3.05) is 20.6 Å². The molecular formula is C21H21ClN4O. The molecule has 0 bridgehead atoms. The Bertz CT molecular complexity index is 1110. The standard InChI is InChI=1S/C21H21ClN4O/c1-24(2)12-5-13-25-14-18-20(17-6-3-4-7-19(17)25)23-26(21(18)27)16-10-8-15(22)9-11-16/h3-4,6-11,14H,5,12-13H2,1-2H3. The smallest absolute Gasteiger partial charge is 0.282 e. The highest BCUT2D eigenvalue weighted by Gasteiger charge is 2.20. The molecule has 2 aliphatic rings. The van der Waals surface area contributed by atoms with E-state index in [9.17, 15) is 4.79 Å². The lowest BCUT2D eigenvalue weighted by Gasteiger charge is -2.15. The zero-order valence-corrected chi connectivity index (χ0v) is 16.1. The molecule has 0 aromatic heterocycles. The molecule has 2 aromatic carbocycles. The third-order valence-corrected chi connectivity index (χ3v) is 4.96. The fourth-order valence-corrected chi connectivity index (χ4v) is 3.51. The average molecular weight is 381 g/mol. The van der Waals surface area contributed by atoms with Gasteiger partial charge in [-0.1, -0.05) is 29.8 Å². The van der Waals surface area contributed by atoms with Crippen molar-refractivity contribution in [1.29, 1.82) is 0 Å². The van der Waals surface area contributed by atoms with Crippen LogP contribution in [0, 0.1) is 0 Å². The molecule has 0 unspecified atom stereocenters. The van der Waals surface area contributed by atoms with Crippen LogP contribution in [0.15, 0.2) is 59.5 Å². The second-order valence-electron chi connectivity index (χ2n) is 6.95. The van der Waals surface area contributed by atoms with Crippen LogP contribution in [-0.2, 0) is 6.54 Å². The van der Waals surface area contributed by atoms with Gasteiger partial charge < -0.3 is 9.47 Å². The summed E-state index contributed by atoms with van der Waals surface area (Å²) >= 11 is 5.97. The first-order valence-corrected chi connectivity index (χ1v) is 9.34. The summed E-state index contributed by atoms with van der Waals surface area (Å²) in [5, 5.41) is 6.25. The molecule has 2 aliphatic heterocycles. The Balaban J connectivity index is 1.88. The van der Waals surface area contributed by atoms with E-state index >= 15 is 0 Å². The van der Waals surface area contributed by atoms with Gasteiger partial charge in [-0.05, 0) is 57.4 Å². The molecule has 0 atom stereocenters. The second kappa shape index (κ2) is 7.18. The number of halogens is 1. The van der Waals surface area contributed by atoms with Crippen molar-refractivity contribution in [3.8, 4) is 16.9 Å². The first kappa shape index (κ1) is 17.8. The minimum Gasteiger partial charge on any atom is -0.346 e. The molecule has 0 saturated heterocycles. The lowest BCUT2D eigenvalue weighted by atomic mass is 10.1. The van der Waals surface area contributed by atoms with E-state index in [1.54, 1.807) is 12.1 Å². The Labute approximate surface area is 162 Å². The van der Waals surface area contributed by atoms with Crippen LogP contribution in [0.1, 0.15) is 6.42 Å². The summed E-state index contributed by atoms with van der Waals surface area (Å²) in [5.74, 6) is 0. The first-order valence-electron chi connectivity index (χ1n) is 8.96. The predicted molar refractivity (Wildman–Crippen MR) is 110 cm³/mol. The zero-order valence-electron chi connectivity index (χ0n) is 15.4. The van der Waals surface area contributed by atoms with Gasteiger partial charge in [0, 0.05) is 23.2 Å². The molecule has 5 nitrogen and oxygen atoms in total. The predicted octanol–water partition coefficient (Wildman–Crippen LogP) is 3.90. The number of aryl methyl sites for hydroxylation is 1. The average Bonchev–Trinajstić information content (AvgIpc) is 2.99. The fourth-order valence-electron chi connectivity index (χ4n) is 3.38. The maximum atomic E-state index is 13.0. The molecule has 2 aromatic rings. The van der Waals surface area contributed by atoms with Gasteiger partial charge >= 0.3 is 0 Å². The molecule has 138 valence electrons. The lowest BCUT2D eigenvalue weighted by Crippen LogP contribution is -2.17. The maximum Gasteiger partial charge on any atom is 0.282 e. The zero-order chi connectivity index (χ0) is 19.0. The minimum absolute atomic E-state index is 0.112. The van der Waals surface area contributed by atoms with Gasteiger partial charge in [0.1, 0.15) is 5.69 Å².